The molecule has 0 aromatic carbocycles. The maximum Gasteiger partial charge on any atom is 0.267 e. The molecule has 1 heterocycles. The third-order valence-electron chi connectivity index (χ3n) is 2.04. The van der Waals surface area contributed by atoms with Crippen molar-refractivity contribution >= 4 is 0 Å². The van der Waals surface area contributed by atoms with Crippen LogP contribution in [0.15, 0.2) is 16.9 Å². The third-order valence-corrected chi connectivity index (χ3v) is 2.04. The molecule has 0 amide bonds. The van der Waals surface area contributed by atoms with Gasteiger partial charge in [0.15, 0.2) is 0 Å². The maximum atomic E-state index is 11.3. The fourth-order valence-corrected chi connectivity index (χ4v) is 1.02. The molecule has 0 aliphatic heterocycles. The summed E-state index contributed by atoms with van der Waals surface area (Å²) in [6.45, 7) is 5.21. The van der Waals surface area contributed by atoms with Crippen molar-refractivity contribution in [2.75, 3.05) is 0 Å². The Balaban J connectivity index is 3.13. The van der Waals surface area contributed by atoms with E-state index in [0.29, 0.717) is 0 Å². The van der Waals surface area contributed by atoms with Crippen LogP contribution in [0.1, 0.15) is 25.6 Å². The highest BCUT2D eigenvalue weighted by Crippen LogP contribution is 2.05. The van der Waals surface area contributed by atoms with E-state index in [1.807, 2.05) is 6.92 Å². The first-order valence-corrected chi connectivity index (χ1v) is 4.27. The van der Waals surface area contributed by atoms with Gasteiger partial charge in [-0.15, -0.1) is 0 Å². The predicted octanol–water partition coefficient (Wildman–Crippen LogP) is 0.494. The van der Waals surface area contributed by atoms with Crippen LogP contribution in [-0.2, 0) is 0 Å². The van der Waals surface area contributed by atoms with Crippen LogP contribution in [-0.4, -0.2) is 21.0 Å². The summed E-state index contributed by atoms with van der Waals surface area (Å²) in [5, 5.41) is 13.3. The number of aliphatic hydroxyl groups excluding tert-OH is 1. The molecule has 0 radical (unpaired) electrons. The molecule has 0 bridgehead atoms. The van der Waals surface area contributed by atoms with Gasteiger partial charge in [0, 0.05) is 6.07 Å². The molecule has 1 aromatic rings. The second-order valence-electron chi connectivity index (χ2n) is 3.24. The van der Waals surface area contributed by atoms with Crippen LogP contribution in [0, 0.1) is 6.92 Å². The van der Waals surface area contributed by atoms with Crippen molar-refractivity contribution in [2.24, 2.45) is 0 Å². The van der Waals surface area contributed by atoms with Crippen LogP contribution in [0.2, 0.25) is 0 Å². The van der Waals surface area contributed by atoms with E-state index in [1.165, 1.54) is 10.7 Å². The second-order valence-corrected chi connectivity index (χ2v) is 3.24. The fourth-order valence-electron chi connectivity index (χ4n) is 1.02. The quantitative estimate of drug-likeness (QED) is 0.724. The molecular formula is C9H14N2O2. The molecule has 0 unspecified atom stereocenters. The van der Waals surface area contributed by atoms with Gasteiger partial charge in [-0.2, -0.15) is 5.10 Å². The van der Waals surface area contributed by atoms with E-state index >= 15 is 0 Å². The molecule has 2 atom stereocenters. The van der Waals surface area contributed by atoms with Gasteiger partial charge in [-0.1, -0.05) is 0 Å². The van der Waals surface area contributed by atoms with Gasteiger partial charge in [0.1, 0.15) is 0 Å². The Labute approximate surface area is 76.8 Å². The van der Waals surface area contributed by atoms with Gasteiger partial charge in [0.25, 0.3) is 5.56 Å². The van der Waals surface area contributed by atoms with E-state index in [4.69, 9.17) is 0 Å². The molecule has 1 N–H and O–H groups in total. The smallest absolute Gasteiger partial charge is 0.267 e. The van der Waals surface area contributed by atoms with Crippen LogP contribution < -0.4 is 5.56 Å². The summed E-state index contributed by atoms with van der Waals surface area (Å²) in [5.41, 5.74) is 0.589. The number of rotatable bonds is 2. The monoisotopic (exact) mass is 182 g/mol. The maximum absolute atomic E-state index is 11.3. The molecule has 72 valence electrons. The van der Waals surface area contributed by atoms with Crippen molar-refractivity contribution in [3.05, 3.63) is 28.2 Å². The normalized spacial score (nSPS) is 15.4. The lowest BCUT2D eigenvalue weighted by Crippen LogP contribution is -2.31. The Morgan fingerprint density at radius 3 is 2.62 bits per heavy atom. The van der Waals surface area contributed by atoms with Crippen molar-refractivity contribution in [3.63, 3.8) is 0 Å². The highest BCUT2D eigenvalue weighted by Gasteiger charge is 2.12. The summed E-state index contributed by atoms with van der Waals surface area (Å²) in [6, 6.07) is 2.84. The van der Waals surface area contributed by atoms with Crippen molar-refractivity contribution < 1.29 is 5.11 Å². The lowest BCUT2D eigenvalue weighted by Gasteiger charge is -2.16. The highest BCUT2D eigenvalue weighted by atomic mass is 16.3. The third kappa shape index (κ3) is 2.15. The van der Waals surface area contributed by atoms with Crippen molar-refractivity contribution in [3.8, 4) is 0 Å². The van der Waals surface area contributed by atoms with E-state index in [9.17, 15) is 9.90 Å². The fraction of sp³-hybridized carbons (Fsp3) is 0.556. The minimum Gasteiger partial charge on any atom is -0.391 e. The van der Waals surface area contributed by atoms with Crippen molar-refractivity contribution in [2.45, 2.75) is 32.9 Å². The van der Waals surface area contributed by atoms with E-state index in [2.05, 4.69) is 5.10 Å². The molecule has 0 saturated carbocycles. The SMILES string of the molecule is Cc1ccc(=O)n([C@@H](C)[C@H](C)O)n1. The molecule has 13 heavy (non-hydrogen) atoms. The molecule has 0 aliphatic rings. The topological polar surface area (TPSA) is 55.1 Å². The van der Waals surface area contributed by atoms with Gasteiger partial charge >= 0.3 is 0 Å². The van der Waals surface area contributed by atoms with Gasteiger partial charge in [0.05, 0.1) is 17.8 Å². The predicted molar refractivity (Wildman–Crippen MR) is 49.6 cm³/mol. The number of aliphatic hydroxyl groups is 1. The Morgan fingerprint density at radius 2 is 2.08 bits per heavy atom. The summed E-state index contributed by atoms with van der Waals surface area (Å²) in [4.78, 5) is 11.3. The van der Waals surface area contributed by atoms with Gasteiger partial charge < -0.3 is 5.11 Å². The van der Waals surface area contributed by atoms with Crippen molar-refractivity contribution in [1.29, 1.82) is 0 Å². The molecule has 0 spiro atoms. The van der Waals surface area contributed by atoms with Crippen LogP contribution in [0.3, 0.4) is 0 Å². The van der Waals surface area contributed by atoms with Crippen LogP contribution >= 0.6 is 0 Å². The minimum atomic E-state index is -0.577. The average molecular weight is 182 g/mol. The van der Waals surface area contributed by atoms with E-state index < -0.39 is 6.10 Å². The van der Waals surface area contributed by atoms with E-state index in [-0.39, 0.29) is 11.6 Å². The summed E-state index contributed by atoms with van der Waals surface area (Å²) in [6.07, 6.45) is -0.577. The Morgan fingerprint density at radius 1 is 1.46 bits per heavy atom. The number of aryl methyl sites for hydroxylation is 1. The lowest BCUT2D eigenvalue weighted by molar-refractivity contribution is 0.129. The van der Waals surface area contributed by atoms with Gasteiger partial charge in [-0.05, 0) is 26.8 Å². The zero-order valence-corrected chi connectivity index (χ0v) is 8.06. The van der Waals surface area contributed by atoms with Gasteiger partial charge in [-0.3, -0.25) is 4.79 Å². The number of hydrogen-bond donors (Lipinski definition) is 1. The standard InChI is InChI=1S/C9H14N2O2/c1-6-4-5-9(13)11(10-6)7(2)8(3)12/h4-5,7-8,12H,1-3H3/t7-,8-/m0/s1. The van der Waals surface area contributed by atoms with Crippen LogP contribution in [0.5, 0.6) is 0 Å². The van der Waals surface area contributed by atoms with Gasteiger partial charge in [0.2, 0.25) is 0 Å². The molecule has 0 aliphatic carbocycles. The Bertz CT molecular complexity index is 344. The molecule has 4 heteroatoms. The first-order chi connectivity index (χ1) is 6.02. The summed E-state index contributed by atoms with van der Waals surface area (Å²) >= 11 is 0. The van der Waals surface area contributed by atoms with E-state index in [1.54, 1.807) is 19.9 Å². The number of hydrogen-bond acceptors (Lipinski definition) is 3. The lowest BCUT2D eigenvalue weighted by atomic mass is 10.2. The molecular weight excluding hydrogens is 168 g/mol. The van der Waals surface area contributed by atoms with Crippen LogP contribution in [0.25, 0.3) is 0 Å². The zero-order chi connectivity index (χ0) is 10.0. The largest absolute Gasteiger partial charge is 0.391 e. The summed E-state index contributed by atoms with van der Waals surface area (Å²) in [7, 11) is 0. The minimum absolute atomic E-state index is 0.181. The Hall–Kier alpha value is -1.16. The second kappa shape index (κ2) is 3.70. The van der Waals surface area contributed by atoms with Gasteiger partial charge in [-0.25, -0.2) is 4.68 Å². The van der Waals surface area contributed by atoms with E-state index in [0.717, 1.165) is 5.69 Å². The average Bonchev–Trinajstić information content (AvgIpc) is 2.08. The number of aromatic nitrogens is 2. The molecule has 4 nitrogen and oxygen atoms in total. The number of nitrogens with zero attached hydrogens (tertiary/aromatic N) is 2. The highest BCUT2D eigenvalue weighted by molar-refractivity contribution is 4.98. The molecule has 1 aromatic heterocycles. The molecule has 1 rings (SSSR count). The summed E-state index contributed by atoms with van der Waals surface area (Å²) in [5.74, 6) is 0. The molecule has 0 fully saturated rings. The van der Waals surface area contributed by atoms with Crippen molar-refractivity contribution in [1.82, 2.24) is 9.78 Å². The Kier molecular flexibility index (Phi) is 2.83. The van der Waals surface area contributed by atoms with Crippen LogP contribution in [0.4, 0.5) is 0 Å². The molecule has 0 saturated heterocycles. The first kappa shape index (κ1) is 9.92. The first-order valence-electron chi connectivity index (χ1n) is 4.27. The summed E-state index contributed by atoms with van der Waals surface area (Å²) < 4.78 is 1.31. The zero-order valence-electron chi connectivity index (χ0n) is 8.06.